The Morgan fingerprint density at radius 2 is 2.16 bits per heavy atom. The molecule has 0 aliphatic rings. The van der Waals surface area contributed by atoms with Crippen LogP contribution in [0.5, 0.6) is 0 Å². The maximum Gasteiger partial charge on any atom is 0.291 e. The molecule has 0 aliphatic carbocycles. The van der Waals surface area contributed by atoms with Crippen LogP contribution >= 0.6 is 15.9 Å². The van der Waals surface area contributed by atoms with Crippen molar-refractivity contribution in [2.75, 3.05) is 5.32 Å². The number of carbonyl (C=O) groups excluding carboxylic acids is 1. The molecule has 1 aromatic carbocycles. The Kier molecular flexibility index (Phi) is 4.39. The number of anilines is 1. The smallest absolute Gasteiger partial charge is 0.291 e. The molecule has 2 rings (SSSR count). The summed E-state index contributed by atoms with van der Waals surface area (Å²) >= 11 is 3.42. The van der Waals surface area contributed by atoms with Crippen LogP contribution in [0.3, 0.4) is 0 Å². The predicted molar refractivity (Wildman–Crippen MR) is 78.1 cm³/mol. The summed E-state index contributed by atoms with van der Waals surface area (Å²) < 4.78 is 6.31. The first-order valence-corrected chi connectivity index (χ1v) is 6.82. The van der Waals surface area contributed by atoms with E-state index in [1.807, 2.05) is 25.1 Å². The van der Waals surface area contributed by atoms with Crippen molar-refractivity contribution >= 4 is 27.5 Å². The Morgan fingerprint density at radius 3 is 2.79 bits per heavy atom. The second-order valence-corrected chi connectivity index (χ2v) is 4.99. The van der Waals surface area contributed by atoms with Crippen LogP contribution < -0.4 is 11.1 Å². The largest absolute Gasteiger partial charge is 0.455 e. The fraction of sp³-hybridized carbons (Fsp3) is 0.214. The number of aryl methyl sites for hydroxylation is 1. The van der Waals surface area contributed by atoms with E-state index in [0.29, 0.717) is 5.76 Å². The van der Waals surface area contributed by atoms with Crippen LogP contribution in [0, 0.1) is 0 Å². The number of nitrogens with two attached hydrogens (primary N) is 1. The van der Waals surface area contributed by atoms with Crippen molar-refractivity contribution in [3.05, 3.63) is 51.9 Å². The van der Waals surface area contributed by atoms with Crippen LogP contribution in [-0.4, -0.2) is 5.91 Å². The van der Waals surface area contributed by atoms with Crippen LogP contribution in [0.2, 0.25) is 0 Å². The van der Waals surface area contributed by atoms with Crippen molar-refractivity contribution in [2.24, 2.45) is 5.73 Å². The van der Waals surface area contributed by atoms with Gasteiger partial charge in [-0.15, -0.1) is 0 Å². The zero-order valence-electron chi connectivity index (χ0n) is 10.6. The molecule has 4 nitrogen and oxygen atoms in total. The average molecular weight is 323 g/mol. The highest BCUT2D eigenvalue weighted by Crippen LogP contribution is 2.22. The summed E-state index contributed by atoms with van der Waals surface area (Å²) in [6, 6.07) is 9.08. The molecular formula is C14H15BrN2O2. The SMILES string of the molecule is CCc1cc(Br)ccc1NC(=O)c1ccc(CN)o1. The topological polar surface area (TPSA) is 68.3 Å². The molecule has 0 atom stereocenters. The Balaban J connectivity index is 2.18. The molecule has 0 spiro atoms. The highest BCUT2D eigenvalue weighted by Gasteiger charge is 2.12. The van der Waals surface area contributed by atoms with Crippen molar-refractivity contribution in [1.82, 2.24) is 0 Å². The first-order chi connectivity index (χ1) is 9.13. The third-order valence-corrected chi connectivity index (χ3v) is 3.28. The molecule has 0 saturated carbocycles. The number of rotatable bonds is 4. The van der Waals surface area contributed by atoms with E-state index in [4.69, 9.17) is 10.2 Å². The van der Waals surface area contributed by atoms with Gasteiger partial charge in [0.25, 0.3) is 5.91 Å². The molecule has 0 unspecified atom stereocenters. The molecule has 19 heavy (non-hydrogen) atoms. The lowest BCUT2D eigenvalue weighted by Crippen LogP contribution is -2.12. The molecule has 1 amide bonds. The summed E-state index contributed by atoms with van der Waals surface area (Å²) in [6.07, 6.45) is 0.835. The molecular weight excluding hydrogens is 308 g/mol. The zero-order valence-corrected chi connectivity index (χ0v) is 12.2. The number of nitrogens with one attached hydrogen (secondary N) is 1. The van der Waals surface area contributed by atoms with Crippen LogP contribution in [0.25, 0.3) is 0 Å². The second-order valence-electron chi connectivity index (χ2n) is 4.08. The quantitative estimate of drug-likeness (QED) is 0.907. The number of benzene rings is 1. The Bertz CT molecular complexity index is 593. The number of carbonyl (C=O) groups is 1. The third-order valence-electron chi connectivity index (χ3n) is 2.78. The van der Waals surface area contributed by atoms with Gasteiger partial charge < -0.3 is 15.5 Å². The fourth-order valence-electron chi connectivity index (χ4n) is 1.77. The van der Waals surface area contributed by atoms with Gasteiger partial charge in [0, 0.05) is 10.2 Å². The van der Waals surface area contributed by atoms with Gasteiger partial charge in [0.05, 0.1) is 6.54 Å². The second kappa shape index (κ2) is 6.04. The maximum atomic E-state index is 12.0. The normalized spacial score (nSPS) is 10.5. The Labute approximate surface area is 120 Å². The van der Waals surface area contributed by atoms with Crippen molar-refractivity contribution in [3.8, 4) is 0 Å². The number of hydrogen-bond acceptors (Lipinski definition) is 3. The minimum Gasteiger partial charge on any atom is -0.455 e. The number of amides is 1. The van der Waals surface area contributed by atoms with Gasteiger partial charge in [0.15, 0.2) is 5.76 Å². The van der Waals surface area contributed by atoms with Gasteiger partial charge in [-0.05, 0) is 42.3 Å². The molecule has 0 saturated heterocycles. The molecule has 100 valence electrons. The molecule has 0 fully saturated rings. The monoisotopic (exact) mass is 322 g/mol. The minimum atomic E-state index is -0.267. The molecule has 2 aromatic rings. The van der Waals surface area contributed by atoms with Crippen molar-refractivity contribution in [2.45, 2.75) is 19.9 Å². The van der Waals surface area contributed by atoms with E-state index >= 15 is 0 Å². The number of furan rings is 1. The first-order valence-electron chi connectivity index (χ1n) is 6.02. The number of halogens is 1. The van der Waals surface area contributed by atoms with E-state index in [2.05, 4.69) is 21.2 Å². The molecule has 1 aromatic heterocycles. The van der Waals surface area contributed by atoms with Crippen molar-refractivity contribution in [3.63, 3.8) is 0 Å². The van der Waals surface area contributed by atoms with E-state index in [0.717, 1.165) is 22.1 Å². The van der Waals surface area contributed by atoms with E-state index in [1.165, 1.54) is 0 Å². The van der Waals surface area contributed by atoms with E-state index in [9.17, 15) is 4.79 Å². The molecule has 3 N–H and O–H groups in total. The Morgan fingerprint density at radius 1 is 1.37 bits per heavy atom. The van der Waals surface area contributed by atoms with Gasteiger partial charge in [-0.25, -0.2) is 0 Å². The lowest BCUT2D eigenvalue weighted by Gasteiger charge is -2.09. The molecule has 0 radical (unpaired) electrons. The lowest BCUT2D eigenvalue weighted by molar-refractivity contribution is 0.0995. The summed E-state index contributed by atoms with van der Waals surface area (Å²) in [4.78, 5) is 12.0. The van der Waals surface area contributed by atoms with Gasteiger partial charge >= 0.3 is 0 Å². The van der Waals surface area contributed by atoms with Gasteiger partial charge in [0.1, 0.15) is 5.76 Å². The molecule has 0 bridgehead atoms. The average Bonchev–Trinajstić information content (AvgIpc) is 2.89. The van der Waals surface area contributed by atoms with Gasteiger partial charge in [0.2, 0.25) is 0 Å². The standard InChI is InChI=1S/C14H15BrN2O2/c1-2-9-7-10(15)3-5-12(9)17-14(18)13-6-4-11(8-16)19-13/h3-7H,2,8,16H2,1H3,(H,17,18). The van der Waals surface area contributed by atoms with Crippen LogP contribution in [0.4, 0.5) is 5.69 Å². The summed E-state index contributed by atoms with van der Waals surface area (Å²) in [6.45, 7) is 2.32. The fourth-order valence-corrected chi connectivity index (χ4v) is 2.18. The molecule has 0 aliphatic heterocycles. The van der Waals surface area contributed by atoms with Gasteiger partial charge in [-0.1, -0.05) is 22.9 Å². The van der Waals surface area contributed by atoms with Crippen molar-refractivity contribution in [1.29, 1.82) is 0 Å². The number of hydrogen-bond donors (Lipinski definition) is 2. The molecule has 5 heteroatoms. The zero-order chi connectivity index (χ0) is 13.8. The summed E-state index contributed by atoms with van der Waals surface area (Å²) in [5.41, 5.74) is 7.30. The van der Waals surface area contributed by atoms with Gasteiger partial charge in [-0.3, -0.25) is 4.79 Å². The maximum absolute atomic E-state index is 12.0. The lowest BCUT2D eigenvalue weighted by atomic mass is 10.1. The van der Waals surface area contributed by atoms with Crippen molar-refractivity contribution < 1.29 is 9.21 Å². The molecule has 1 heterocycles. The summed E-state index contributed by atoms with van der Waals surface area (Å²) in [7, 11) is 0. The van der Waals surface area contributed by atoms with E-state index in [1.54, 1.807) is 12.1 Å². The Hall–Kier alpha value is -1.59. The van der Waals surface area contributed by atoms with E-state index in [-0.39, 0.29) is 18.2 Å². The summed E-state index contributed by atoms with van der Waals surface area (Å²) in [5, 5.41) is 2.85. The first kappa shape index (κ1) is 13.8. The highest BCUT2D eigenvalue weighted by molar-refractivity contribution is 9.10. The predicted octanol–water partition coefficient (Wildman–Crippen LogP) is 3.32. The van der Waals surface area contributed by atoms with Crippen LogP contribution in [-0.2, 0) is 13.0 Å². The van der Waals surface area contributed by atoms with Crippen LogP contribution in [0.1, 0.15) is 28.8 Å². The summed E-state index contributed by atoms with van der Waals surface area (Å²) in [5.74, 6) is 0.596. The minimum absolute atomic E-state index is 0.267. The third kappa shape index (κ3) is 3.24. The van der Waals surface area contributed by atoms with Crippen LogP contribution in [0.15, 0.2) is 39.2 Å². The van der Waals surface area contributed by atoms with Gasteiger partial charge in [-0.2, -0.15) is 0 Å². The highest BCUT2D eigenvalue weighted by atomic mass is 79.9. The van der Waals surface area contributed by atoms with E-state index < -0.39 is 0 Å².